The third-order valence-corrected chi connectivity index (χ3v) is 7.38. The van der Waals surface area contributed by atoms with Crippen molar-refractivity contribution in [1.82, 2.24) is 5.32 Å². The van der Waals surface area contributed by atoms with Crippen molar-refractivity contribution in [3.8, 4) is 0 Å². The van der Waals surface area contributed by atoms with Crippen molar-refractivity contribution in [3.63, 3.8) is 0 Å². The number of anilines is 1. The first-order chi connectivity index (χ1) is 15.6. The third-order valence-electron chi connectivity index (χ3n) is 5.59. The maximum atomic E-state index is 13.3. The third kappa shape index (κ3) is 6.52. The molecule has 33 heavy (non-hydrogen) atoms. The summed E-state index contributed by atoms with van der Waals surface area (Å²) in [4.78, 5) is 12.6. The van der Waals surface area contributed by atoms with E-state index in [-0.39, 0.29) is 23.1 Å². The van der Waals surface area contributed by atoms with E-state index in [2.05, 4.69) is 19.2 Å². The van der Waals surface area contributed by atoms with E-state index in [9.17, 15) is 17.6 Å². The zero-order chi connectivity index (χ0) is 24.1. The summed E-state index contributed by atoms with van der Waals surface area (Å²) < 4.78 is 52.1. The van der Waals surface area contributed by atoms with Crippen LogP contribution in [0.5, 0.6) is 0 Å². The molecule has 0 spiro atoms. The van der Waals surface area contributed by atoms with Gasteiger partial charge in [-0.1, -0.05) is 31.5 Å². The molecule has 9 heteroatoms. The van der Waals surface area contributed by atoms with Gasteiger partial charge in [0.1, 0.15) is 12.4 Å². The van der Waals surface area contributed by atoms with E-state index < -0.39 is 21.7 Å². The second kappa shape index (κ2) is 10.6. The van der Waals surface area contributed by atoms with Gasteiger partial charge in [0.2, 0.25) is 5.91 Å². The number of hydrogen-bond acceptors (Lipinski definition) is 5. The summed E-state index contributed by atoms with van der Waals surface area (Å²) in [5, 5.41) is 2.80. The Bertz CT molecular complexity index is 1030. The van der Waals surface area contributed by atoms with E-state index in [1.165, 1.54) is 12.1 Å². The van der Waals surface area contributed by atoms with Crippen molar-refractivity contribution in [3.05, 3.63) is 59.9 Å². The Morgan fingerprint density at radius 1 is 1.09 bits per heavy atom. The van der Waals surface area contributed by atoms with Gasteiger partial charge in [-0.2, -0.15) is 0 Å². The lowest BCUT2D eigenvalue weighted by molar-refractivity contribution is -0.123. The van der Waals surface area contributed by atoms with Gasteiger partial charge >= 0.3 is 0 Å². The molecule has 2 aromatic rings. The van der Waals surface area contributed by atoms with Gasteiger partial charge in [0, 0.05) is 12.0 Å². The molecule has 1 aliphatic heterocycles. The number of nitrogens with one attached hydrogen (secondary N) is 1. The van der Waals surface area contributed by atoms with Crippen LogP contribution in [0.25, 0.3) is 0 Å². The molecule has 1 aliphatic rings. The molecule has 0 bridgehead atoms. The van der Waals surface area contributed by atoms with E-state index in [1.54, 1.807) is 24.3 Å². The molecule has 0 aliphatic carbocycles. The molecule has 0 aromatic heterocycles. The van der Waals surface area contributed by atoms with Gasteiger partial charge in [0.05, 0.1) is 23.8 Å². The highest BCUT2D eigenvalue weighted by Crippen LogP contribution is 2.32. The number of sulfonamides is 1. The standard InChI is InChI=1S/C24H31FN2O5S/c1-18-5-9-20(10-6-18)27(33(29,30)21-11-7-19(25)8-12-21)17-22(28)26-14-4-13-24(2,3)23-31-15-16-32-23/h5-12,23H,4,13-17H2,1-3H3,(H,26,28). The van der Waals surface area contributed by atoms with Crippen LogP contribution in [0.1, 0.15) is 32.3 Å². The van der Waals surface area contributed by atoms with E-state index in [0.717, 1.165) is 28.4 Å². The molecule has 0 atom stereocenters. The minimum atomic E-state index is -4.07. The Balaban J connectivity index is 1.66. The molecule has 1 N–H and O–H groups in total. The number of ether oxygens (including phenoxy) is 2. The Morgan fingerprint density at radius 2 is 1.70 bits per heavy atom. The zero-order valence-corrected chi connectivity index (χ0v) is 20.0. The normalized spacial score (nSPS) is 14.9. The van der Waals surface area contributed by atoms with Gasteiger partial charge in [0.15, 0.2) is 6.29 Å². The van der Waals surface area contributed by atoms with Gasteiger partial charge < -0.3 is 14.8 Å². The smallest absolute Gasteiger partial charge is 0.264 e. The van der Waals surface area contributed by atoms with Crippen LogP contribution in [0, 0.1) is 18.2 Å². The molecule has 1 heterocycles. The fourth-order valence-electron chi connectivity index (χ4n) is 3.65. The Hall–Kier alpha value is -2.49. The SMILES string of the molecule is Cc1ccc(N(CC(=O)NCCCC(C)(C)C2OCCO2)S(=O)(=O)c2ccc(F)cc2)cc1. The van der Waals surface area contributed by atoms with Gasteiger partial charge in [0.25, 0.3) is 10.0 Å². The fourth-order valence-corrected chi connectivity index (χ4v) is 5.07. The van der Waals surface area contributed by atoms with Gasteiger partial charge in [-0.15, -0.1) is 0 Å². The first kappa shape index (κ1) is 25.1. The molecule has 1 amide bonds. The Morgan fingerprint density at radius 3 is 2.30 bits per heavy atom. The Labute approximate surface area is 194 Å². The van der Waals surface area contributed by atoms with Crippen LogP contribution < -0.4 is 9.62 Å². The van der Waals surface area contributed by atoms with E-state index in [1.807, 2.05) is 6.92 Å². The number of nitrogens with zero attached hydrogens (tertiary/aromatic N) is 1. The highest BCUT2D eigenvalue weighted by Gasteiger charge is 2.33. The molecule has 7 nitrogen and oxygen atoms in total. The second-order valence-corrected chi connectivity index (χ2v) is 10.7. The number of halogens is 1. The lowest BCUT2D eigenvalue weighted by atomic mass is 9.87. The van der Waals surface area contributed by atoms with Crippen LogP contribution in [-0.2, 0) is 24.3 Å². The first-order valence-electron chi connectivity index (χ1n) is 10.9. The van der Waals surface area contributed by atoms with Crippen LogP contribution in [0.4, 0.5) is 10.1 Å². The maximum Gasteiger partial charge on any atom is 0.264 e. The van der Waals surface area contributed by atoms with Crippen LogP contribution in [0.2, 0.25) is 0 Å². The number of amides is 1. The quantitative estimate of drug-likeness (QED) is 0.527. The topological polar surface area (TPSA) is 84.9 Å². The lowest BCUT2D eigenvalue weighted by Crippen LogP contribution is -2.41. The zero-order valence-electron chi connectivity index (χ0n) is 19.2. The average molecular weight is 479 g/mol. The highest BCUT2D eigenvalue weighted by molar-refractivity contribution is 7.92. The maximum absolute atomic E-state index is 13.3. The molecular formula is C24H31FN2O5S. The second-order valence-electron chi connectivity index (χ2n) is 8.82. The molecule has 1 fully saturated rings. The molecule has 3 rings (SSSR count). The van der Waals surface area contributed by atoms with Crippen LogP contribution in [-0.4, -0.2) is 46.9 Å². The predicted molar refractivity (Wildman–Crippen MR) is 124 cm³/mol. The van der Waals surface area contributed by atoms with Crippen LogP contribution >= 0.6 is 0 Å². The van der Waals surface area contributed by atoms with Crippen molar-refractivity contribution in [1.29, 1.82) is 0 Å². The lowest BCUT2D eigenvalue weighted by Gasteiger charge is -2.29. The highest BCUT2D eigenvalue weighted by atomic mass is 32.2. The summed E-state index contributed by atoms with van der Waals surface area (Å²) in [6.07, 6.45) is 1.20. The molecule has 180 valence electrons. The summed E-state index contributed by atoms with van der Waals surface area (Å²) in [6.45, 7) is 7.18. The number of rotatable bonds is 10. The predicted octanol–water partition coefficient (Wildman–Crippen LogP) is 3.62. The van der Waals surface area contributed by atoms with Gasteiger partial charge in [-0.05, 0) is 56.2 Å². The molecule has 0 radical (unpaired) electrons. The minimum absolute atomic E-state index is 0.0874. The molecule has 0 saturated carbocycles. The number of carbonyl (C=O) groups is 1. The van der Waals surface area contributed by atoms with E-state index in [4.69, 9.17) is 9.47 Å². The number of benzene rings is 2. The van der Waals surface area contributed by atoms with E-state index >= 15 is 0 Å². The summed E-state index contributed by atoms with van der Waals surface area (Å²) in [5.74, 6) is -0.961. The first-order valence-corrected chi connectivity index (χ1v) is 12.4. The summed E-state index contributed by atoms with van der Waals surface area (Å²) >= 11 is 0. The number of aryl methyl sites for hydroxylation is 1. The van der Waals surface area contributed by atoms with E-state index in [0.29, 0.717) is 31.9 Å². The fraction of sp³-hybridized carbons (Fsp3) is 0.458. The largest absolute Gasteiger partial charge is 0.355 e. The van der Waals surface area contributed by atoms with Crippen molar-refractivity contribution >= 4 is 21.6 Å². The van der Waals surface area contributed by atoms with Gasteiger partial charge in [-0.3, -0.25) is 9.10 Å². The Kier molecular flexibility index (Phi) is 8.10. The number of carbonyl (C=O) groups excluding carboxylic acids is 1. The molecule has 2 aromatic carbocycles. The number of hydrogen-bond donors (Lipinski definition) is 1. The van der Waals surface area contributed by atoms with Gasteiger partial charge in [-0.25, -0.2) is 12.8 Å². The van der Waals surface area contributed by atoms with Crippen LogP contribution in [0.3, 0.4) is 0 Å². The summed E-state index contributed by atoms with van der Waals surface area (Å²) in [7, 11) is -4.07. The monoisotopic (exact) mass is 478 g/mol. The van der Waals surface area contributed by atoms with Crippen molar-refractivity contribution in [2.45, 2.75) is 44.8 Å². The molecule has 0 unspecified atom stereocenters. The van der Waals surface area contributed by atoms with Crippen molar-refractivity contribution < 1.29 is 27.1 Å². The molecular weight excluding hydrogens is 447 g/mol. The average Bonchev–Trinajstić information content (AvgIpc) is 3.32. The summed E-state index contributed by atoms with van der Waals surface area (Å²) in [5.41, 5.74) is 1.12. The summed E-state index contributed by atoms with van der Waals surface area (Å²) in [6, 6.07) is 11.4. The van der Waals surface area contributed by atoms with Crippen molar-refractivity contribution in [2.75, 3.05) is 30.6 Å². The molecule has 1 saturated heterocycles. The van der Waals surface area contributed by atoms with Crippen LogP contribution in [0.15, 0.2) is 53.4 Å². The minimum Gasteiger partial charge on any atom is -0.355 e. The van der Waals surface area contributed by atoms with Crippen molar-refractivity contribution in [2.24, 2.45) is 5.41 Å².